The molecule has 5 heteroatoms. The minimum atomic E-state index is -0.950. The number of hydrogen-bond donors (Lipinski definition) is 3. The van der Waals surface area contributed by atoms with Crippen molar-refractivity contribution in [3.05, 3.63) is 102 Å². The van der Waals surface area contributed by atoms with Crippen molar-refractivity contribution < 1.29 is 14.6 Å². The van der Waals surface area contributed by atoms with Crippen LogP contribution in [0, 0.1) is 0 Å². The SMILES string of the molecule is CCCc1ccccc1Nc1cccc2c(CCCOc3cccc4ccccc34)c(C(=O)O)[nH]c12. The Bertz CT molecular complexity index is 1510. The highest BCUT2D eigenvalue weighted by Gasteiger charge is 2.19. The van der Waals surface area contributed by atoms with Crippen LogP contribution in [0.5, 0.6) is 5.75 Å². The van der Waals surface area contributed by atoms with Crippen LogP contribution in [0.4, 0.5) is 11.4 Å². The molecule has 0 radical (unpaired) electrons. The van der Waals surface area contributed by atoms with Gasteiger partial charge in [0.25, 0.3) is 0 Å². The largest absolute Gasteiger partial charge is 0.493 e. The number of carbonyl (C=O) groups is 1. The van der Waals surface area contributed by atoms with Gasteiger partial charge in [0.2, 0.25) is 0 Å². The summed E-state index contributed by atoms with van der Waals surface area (Å²) < 4.78 is 6.10. The van der Waals surface area contributed by atoms with E-state index >= 15 is 0 Å². The summed E-state index contributed by atoms with van der Waals surface area (Å²) in [5.41, 5.74) is 5.02. The quantitative estimate of drug-likeness (QED) is 0.180. The van der Waals surface area contributed by atoms with Gasteiger partial charge in [0, 0.05) is 16.5 Å². The lowest BCUT2D eigenvalue weighted by molar-refractivity contribution is 0.0690. The number of benzene rings is 4. The van der Waals surface area contributed by atoms with E-state index in [0.717, 1.165) is 57.2 Å². The number of aromatic amines is 1. The highest BCUT2D eigenvalue weighted by molar-refractivity contribution is 6.02. The summed E-state index contributed by atoms with van der Waals surface area (Å²) in [6.45, 7) is 2.67. The molecule has 0 aliphatic heterocycles. The summed E-state index contributed by atoms with van der Waals surface area (Å²) in [7, 11) is 0. The molecule has 5 nitrogen and oxygen atoms in total. The van der Waals surface area contributed by atoms with E-state index in [9.17, 15) is 9.90 Å². The molecular formula is C31H30N2O3. The number of rotatable bonds is 10. The zero-order chi connectivity index (χ0) is 24.9. The smallest absolute Gasteiger partial charge is 0.352 e. The Morgan fingerprint density at radius 2 is 1.58 bits per heavy atom. The molecule has 36 heavy (non-hydrogen) atoms. The fraction of sp³-hybridized carbons (Fsp3) is 0.194. The van der Waals surface area contributed by atoms with Gasteiger partial charge in [0.1, 0.15) is 11.4 Å². The number of aromatic carboxylic acids is 1. The molecule has 0 atom stereocenters. The monoisotopic (exact) mass is 478 g/mol. The maximum atomic E-state index is 12.1. The van der Waals surface area contributed by atoms with Gasteiger partial charge in [-0.15, -0.1) is 0 Å². The number of hydrogen-bond acceptors (Lipinski definition) is 3. The summed E-state index contributed by atoms with van der Waals surface area (Å²) >= 11 is 0. The van der Waals surface area contributed by atoms with Crippen molar-refractivity contribution in [3.8, 4) is 5.75 Å². The van der Waals surface area contributed by atoms with Crippen LogP contribution in [-0.2, 0) is 12.8 Å². The fourth-order valence-electron chi connectivity index (χ4n) is 4.85. The van der Waals surface area contributed by atoms with Gasteiger partial charge in [0.15, 0.2) is 0 Å². The number of fused-ring (bicyclic) bond motifs is 2. The van der Waals surface area contributed by atoms with Gasteiger partial charge in [-0.1, -0.05) is 80.1 Å². The minimum Gasteiger partial charge on any atom is -0.493 e. The van der Waals surface area contributed by atoms with E-state index in [4.69, 9.17) is 4.74 Å². The molecule has 0 bridgehead atoms. The van der Waals surface area contributed by atoms with Gasteiger partial charge in [-0.05, 0) is 54.0 Å². The number of nitrogens with one attached hydrogen (secondary N) is 2. The molecular weight excluding hydrogens is 448 g/mol. The van der Waals surface area contributed by atoms with Crippen molar-refractivity contribution in [2.24, 2.45) is 0 Å². The van der Waals surface area contributed by atoms with E-state index in [1.54, 1.807) is 0 Å². The molecule has 0 unspecified atom stereocenters. The van der Waals surface area contributed by atoms with Crippen molar-refractivity contribution in [2.75, 3.05) is 11.9 Å². The van der Waals surface area contributed by atoms with E-state index in [2.05, 4.69) is 47.6 Å². The van der Waals surface area contributed by atoms with Crippen molar-refractivity contribution >= 4 is 39.0 Å². The van der Waals surface area contributed by atoms with Crippen molar-refractivity contribution in [1.82, 2.24) is 4.98 Å². The summed E-state index contributed by atoms with van der Waals surface area (Å²) in [6.07, 6.45) is 3.33. The number of anilines is 2. The number of H-pyrrole nitrogens is 1. The average molecular weight is 479 g/mol. The fourth-order valence-corrected chi connectivity index (χ4v) is 4.85. The summed E-state index contributed by atoms with van der Waals surface area (Å²) in [5, 5.41) is 16.6. The van der Waals surface area contributed by atoms with Gasteiger partial charge >= 0.3 is 5.97 Å². The molecule has 5 aromatic rings. The molecule has 0 saturated carbocycles. The second-order valence-electron chi connectivity index (χ2n) is 8.97. The molecule has 182 valence electrons. The van der Waals surface area contributed by atoms with Crippen molar-refractivity contribution in [3.63, 3.8) is 0 Å². The number of carboxylic acid groups (broad SMARTS) is 1. The van der Waals surface area contributed by atoms with Crippen LogP contribution in [0.15, 0.2) is 84.9 Å². The number of ether oxygens (including phenoxy) is 1. The molecule has 5 rings (SSSR count). The number of aromatic nitrogens is 1. The molecule has 4 aromatic carbocycles. The van der Waals surface area contributed by atoms with Crippen molar-refractivity contribution in [2.45, 2.75) is 32.6 Å². The molecule has 1 aromatic heterocycles. The second kappa shape index (κ2) is 10.6. The third-order valence-corrected chi connectivity index (χ3v) is 6.54. The molecule has 3 N–H and O–H groups in total. The van der Waals surface area contributed by atoms with Gasteiger partial charge in [-0.25, -0.2) is 4.79 Å². The number of carboxylic acids is 1. The Labute approximate surface area is 210 Å². The molecule has 0 spiro atoms. The predicted octanol–water partition coefficient (Wildman–Crippen LogP) is 7.73. The summed E-state index contributed by atoms with van der Waals surface area (Å²) in [4.78, 5) is 15.3. The Morgan fingerprint density at radius 3 is 2.44 bits per heavy atom. The van der Waals surface area contributed by atoms with Crippen LogP contribution in [0.2, 0.25) is 0 Å². The van der Waals surface area contributed by atoms with E-state index in [1.807, 2.05) is 54.6 Å². The van der Waals surface area contributed by atoms with Gasteiger partial charge in [-0.3, -0.25) is 0 Å². The highest BCUT2D eigenvalue weighted by Crippen LogP contribution is 2.32. The zero-order valence-corrected chi connectivity index (χ0v) is 20.4. The zero-order valence-electron chi connectivity index (χ0n) is 20.4. The summed E-state index contributed by atoms with van der Waals surface area (Å²) in [5.74, 6) is -0.101. The first-order valence-corrected chi connectivity index (χ1v) is 12.5. The normalized spacial score (nSPS) is 11.1. The first kappa shape index (κ1) is 23.5. The van der Waals surface area contributed by atoms with E-state index in [1.165, 1.54) is 5.56 Å². The third kappa shape index (κ3) is 4.78. The minimum absolute atomic E-state index is 0.242. The van der Waals surface area contributed by atoms with E-state index in [0.29, 0.717) is 19.4 Å². The standard InChI is InChI=1S/C31H30N2O3/c1-2-10-22-12-4-6-17-26(22)32-27-18-8-15-24-25(30(31(34)35)33-29(24)27)16-9-20-36-28-19-7-13-21-11-3-5-14-23(21)28/h3-8,11-15,17-19,32-33H,2,9-10,16,20H2,1H3,(H,34,35). The predicted molar refractivity (Wildman–Crippen MR) is 147 cm³/mol. The van der Waals surface area contributed by atoms with Crippen LogP contribution >= 0.6 is 0 Å². The van der Waals surface area contributed by atoms with Crippen LogP contribution in [0.1, 0.15) is 41.4 Å². The first-order valence-electron chi connectivity index (χ1n) is 12.5. The lowest BCUT2D eigenvalue weighted by Crippen LogP contribution is -2.04. The highest BCUT2D eigenvalue weighted by atomic mass is 16.5. The van der Waals surface area contributed by atoms with Gasteiger partial charge in [-0.2, -0.15) is 0 Å². The summed E-state index contributed by atoms with van der Waals surface area (Å²) in [6, 6.07) is 28.4. The Hall–Kier alpha value is -4.25. The van der Waals surface area contributed by atoms with Gasteiger partial charge in [0.05, 0.1) is 17.8 Å². The maximum Gasteiger partial charge on any atom is 0.352 e. The van der Waals surface area contributed by atoms with Crippen LogP contribution in [0.3, 0.4) is 0 Å². The van der Waals surface area contributed by atoms with Crippen LogP contribution < -0.4 is 10.1 Å². The van der Waals surface area contributed by atoms with Crippen LogP contribution in [0.25, 0.3) is 21.7 Å². The molecule has 0 saturated heterocycles. The number of aryl methyl sites for hydroxylation is 2. The Morgan fingerprint density at radius 1 is 0.861 bits per heavy atom. The Kier molecular flexibility index (Phi) is 6.89. The van der Waals surface area contributed by atoms with Crippen molar-refractivity contribution in [1.29, 1.82) is 0 Å². The van der Waals surface area contributed by atoms with E-state index < -0.39 is 5.97 Å². The second-order valence-corrected chi connectivity index (χ2v) is 8.97. The maximum absolute atomic E-state index is 12.1. The molecule has 0 aliphatic carbocycles. The molecule has 0 amide bonds. The van der Waals surface area contributed by atoms with Crippen LogP contribution in [-0.4, -0.2) is 22.7 Å². The first-order chi connectivity index (χ1) is 17.7. The number of para-hydroxylation sites is 2. The van der Waals surface area contributed by atoms with E-state index in [-0.39, 0.29) is 5.69 Å². The average Bonchev–Trinajstić information content (AvgIpc) is 3.28. The molecule has 1 heterocycles. The topological polar surface area (TPSA) is 74.3 Å². The lowest BCUT2D eigenvalue weighted by Gasteiger charge is -2.12. The Balaban J connectivity index is 1.37. The molecule has 0 aliphatic rings. The lowest BCUT2D eigenvalue weighted by atomic mass is 10.0. The van der Waals surface area contributed by atoms with Gasteiger partial charge < -0.3 is 20.1 Å². The molecule has 0 fully saturated rings. The third-order valence-electron chi connectivity index (χ3n) is 6.54.